The smallest absolute Gasteiger partial charge is 0.120 e. The molecule has 4 aromatic carbocycles. The van der Waals surface area contributed by atoms with E-state index in [-0.39, 0.29) is 31.1 Å². The van der Waals surface area contributed by atoms with E-state index in [4.69, 9.17) is 18.5 Å². The van der Waals surface area contributed by atoms with Gasteiger partial charge >= 0.3 is 0 Å². The Bertz CT molecular complexity index is 2560. The molecular formula is C46H44IrN4O-2. The SMILES string of the molecule is CC(C)c1cccc(C(C)C)c1-n1c(-c2[c-]ccc3c2oc2ccccc23)nc2ccnc(C(C)(C)C)c21.[2H]C([2H])([2H])c1ccc(-c2[c-]cccc2)nc1.[Ir]. The predicted octanol–water partition coefficient (Wildman–Crippen LogP) is 12.2. The number of hydrogen-bond acceptors (Lipinski definition) is 4. The van der Waals surface area contributed by atoms with Crippen molar-refractivity contribution >= 4 is 33.0 Å². The van der Waals surface area contributed by atoms with Crippen LogP contribution in [0.2, 0.25) is 0 Å². The molecule has 0 aliphatic rings. The molecule has 0 unspecified atom stereocenters. The number of aromatic nitrogens is 4. The van der Waals surface area contributed by atoms with Crippen molar-refractivity contribution in [3.8, 4) is 28.3 Å². The van der Waals surface area contributed by atoms with Crippen molar-refractivity contribution in [2.24, 2.45) is 0 Å². The van der Waals surface area contributed by atoms with Crippen LogP contribution in [0.15, 0.2) is 114 Å². The second-order valence-corrected chi connectivity index (χ2v) is 14.5. The zero-order valence-corrected chi connectivity index (χ0v) is 33.0. The second kappa shape index (κ2) is 15.0. The van der Waals surface area contributed by atoms with E-state index < -0.39 is 6.85 Å². The van der Waals surface area contributed by atoms with Crippen LogP contribution in [-0.2, 0) is 25.5 Å². The van der Waals surface area contributed by atoms with Gasteiger partial charge in [-0.3, -0.25) is 9.97 Å². The molecule has 0 spiro atoms. The average Bonchev–Trinajstić information content (AvgIpc) is 3.73. The number of pyridine rings is 2. The Hall–Kier alpha value is -4.90. The van der Waals surface area contributed by atoms with Crippen LogP contribution in [0.25, 0.3) is 61.3 Å². The molecule has 8 aromatic rings. The number of imidazole rings is 1. The molecule has 0 bridgehead atoms. The van der Waals surface area contributed by atoms with E-state index in [0.717, 1.165) is 61.3 Å². The summed E-state index contributed by atoms with van der Waals surface area (Å²) in [6.07, 6.45) is 3.27. The molecule has 4 heterocycles. The van der Waals surface area contributed by atoms with Crippen molar-refractivity contribution < 1.29 is 28.6 Å². The van der Waals surface area contributed by atoms with Gasteiger partial charge < -0.3 is 14.0 Å². The Morgan fingerprint density at radius 3 is 2.17 bits per heavy atom. The maximum absolute atomic E-state index is 7.23. The molecule has 1 radical (unpaired) electrons. The van der Waals surface area contributed by atoms with Gasteiger partial charge in [-0.15, -0.1) is 54.1 Å². The van der Waals surface area contributed by atoms with E-state index >= 15 is 0 Å². The summed E-state index contributed by atoms with van der Waals surface area (Å²) < 4.78 is 30.5. The summed E-state index contributed by atoms with van der Waals surface area (Å²) in [5.41, 5.74) is 11.0. The largest absolute Gasteiger partial charge is 0.501 e. The fourth-order valence-electron chi connectivity index (χ4n) is 6.69. The van der Waals surface area contributed by atoms with Gasteiger partial charge in [-0.1, -0.05) is 108 Å². The number of hydrogen-bond donors (Lipinski definition) is 0. The van der Waals surface area contributed by atoms with Crippen molar-refractivity contribution in [3.05, 3.63) is 144 Å². The molecule has 5 nitrogen and oxygen atoms in total. The van der Waals surface area contributed by atoms with E-state index in [2.05, 4.69) is 107 Å². The summed E-state index contributed by atoms with van der Waals surface area (Å²) in [5.74, 6) is 1.49. The summed E-state index contributed by atoms with van der Waals surface area (Å²) in [7, 11) is 0. The topological polar surface area (TPSA) is 56.7 Å². The van der Waals surface area contributed by atoms with Crippen LogP contribution < -0.4 is 0 Å². The minimum Gasteiger partial charge on any atom is -0.501 e. The molecule has 0 amide bonds. The van der Waals surface area contributed by atoms with Crippen LogP contribution in [0, 0.1) is 19.0 Å². The van der Waals surface area contributed by atoms with E-state index in [1.54, 1.807) is 18.2 Å². The summed E-state index contributed by atoms with van der Waals surface area (Å²) in [4.78, 5) is 14.3. The normalized spacial score (nSPS) is 12.8. The van der Waals surface area contributed by atoms with Gasteiger partial charge in [0.05, 0.1) is 28.1 Å². The van der Waals surface area contributed by atoms with Crippen molar-refractivity contribution in [2.75, 3.05) is 0 Å². The maximum atomic E-state index is 7.23. The fraction of sp³-hybridized carbons (Fsp3) is 0.239. The van der Waals surface area contributed by atoms with Crippen molar-refractivity contribution in [1.82, 2.24) is 19.5 Å². The Morgan fingerprint density at radius 1 is 0.769 bits per heavy atom. The van der Waals surface area contributed by atoms with Gasteiger partial charge in [0.1, 0.15) is 5.58 Å². The first kappa shape index (κ1) is 33.0. The standard InChI is InChI=1S/C34H34N3O.C12H10N.Ir/c1-20(2)22-13-10-14-23(21(3)4)29(22)37-30-27(18-19-35-32(30)34(5,6)7)36-33(37)26-16-11-15-25-24-12-8-9-17-28(24)38-31(25)26;1-10-7-8-12(13-9-10)11-5-3-2-4-6-11;/h8-15,17-21H,1-7H3;2-5,7-9H,1H3;/q2*-1;/i;1D3;. The van der Waals surface area contributed by atoms with Gasteiger partial charge in [0.2, 0.25) is 0 Å². The molecule has 0 saturated heterocycles. The molecule has 4 aromatic heterocycles. The number of para-hydroxylation sites is 2. The van der Waals surface area contributed by atoms with Gasteiger partial charge in [-0.05, 0) is 53.2 Å². The average molecular weight is 864 g/mol. The molecule has 8 rings (SSSR count). The Morgan fingerprint density at radius 2 is 1.52 bits per heavy atom. The van der Waals surface area contributed by atoms with E-state index in [0.29, 0.717) is 11.8 Å². The van der Waals surface area contributed by atoms with Crippen LogP contribution in [-0.4, -0.2) is 19.5 Å². The summed E-state index contributed by atoms with van der Waals surface area (Å²) in [6, 6.07) is 38.3. The monoisotopic (exact) mass is 864 g/mol. The first-order chi connectivity index (χ1) is 25.7. The fourth-order valence-corrected chi connectivity index (χ4v) is 6.69. The number of rotatable bonds is 5. The van der Waals surface area contributed by atoms with Gasteiger partial charge in [0, 0.05) is 53.1 Å². The van der Waals surface area contributed by atoms with Crippen LogP contribution in [0.3, 0.4) is 0 Å². The molecule has 265 valence electrons. The van der Waals surface area contributed by atoms with Crippen molar-refractivity contribution in [3.63, 3.8) is 0 Å². The zero-order valence-electron chi connectivity index (χ0n) is 33.6. The van der Waals surface area contributed by atoms with Crippen molar-refractivity contribution in [1.29, 1.82) is 0 Å². The van der Waals surface area contributed by atoms with E-state index in [9.17, 15) is 0 Å². The zero-order chi connectivity index (χ0) is 38.4. The summed E-state index contributed by atoms with van der Waals surface area (Å²) >= 11 is 0. The van der Waals surface area contributed by atoms with Crippen molar-refractivity contribution in [2.45, 2.75) is 72.6 Å². The number of benzene rings is 4. The number of nitrogens with zero attached hydrogens (tertiary/aromatic N) is 4. The molecular weight excluding hydrogens is 817 g/mol. The van der Waals surface area contributed by atoms with Crippen LogP contribution >= 0.6 is 0 Å². The molecule has 0 N–H and O–H groups in total. The van der Waals surface area contributed by atoms with Crippen LogP contribution in [0.5, 0.6) is 0 Å². The number of aryl methyl sites for hydroxylation is 1. The Kier molecular flexibility index (Phi) is 9.50. The van der Waals surface area contributed by atoms with Crippen LogP contribution in [0.4, 0.5) is 0 Å². The first-order valence-corrected chi connectivity index (χ1v) is 17.5. The third kappa shape index (κ3) is 6.98. The molecule has 0 atom stereocenters. The van der Waals surface area contributed by atoms with Gasteiger partial charge in [0.25, 0.3) is 0 Å². The predicted molar refractivity (Wildman–Crippen MR) is 211 cm³/mol. The van der Waals surface area contributed by atoms with Gasteiger partial charge in [-0.2, -0.15) is 0 Å². The molecule has 0 saturated carbocycles. The Balaban J connectivity index is 0.000000254. The first-order valence-electron chi connectivity index (χ1n) is 19.0. The quantitative estimate of drug-likeness (QED) is 0.162. The third-order valence-electron chi connectivity index (χ3n) is 9.15. The maximum Gasteiger partial charge on any atom is 0.120 e. The van der Waals surface area contributed by atoms with E-state index in [1.807, 2.05) is 48.7 Å². The summed E-state index contributed by atoms with van der Waals surface area (Å²) in [6.45, 7) is 13.6. The minimum atomic E-state index is -2.09. The molecule has 6 heteroatoms. The number of furan rings is 1. The molecule has 0 aliphatic carbocycles. The second-order valence-electron chi connectivity index (χ2n) is 14.5. The molecule has 0 fully saturated rings. The summed E-state index contributed by atoms with van der Waals surface area (Å²) in [5, 5.41) is 2.17. The van der Waals surface area contributed by atoms with Crippen LogP contribution in [0.1, 0.15) is 86.8 Å². The molecule has 0 aliphatic heterocycles. The number of fused-ring (bicyclic) bond motifs is 4. The molecule has 52 heavy (non-hydrogen) atoms. The third-order valence-corrected chi connectivity index (χ3v) is 9.15. The minimum absolute atomic E-state index is 0. The van der Waals surface area contributed by atoms with Gasteiger partial charge in [-0.25, -0.2) is 0 Å². The van der Waals surface area contributed by atoms with Gasteiger partial charge in [0.15, 0.2) is 0 Å². The van der Waals surface area contributed by atoms with E-state index in [1.165, 1.54) is 23.0 Å². The Labute approximate surface area is 324 Å².